The first-order chi connectivity index (χ1) is 8.03. The predicted octanol–water partition coefficient (Wildman–Crippen LogP) is -0.0814. The summed E-state index contributed by atoms with van der Waals surface area (Å²) >= 11 is 0. The van der Waals surface area contributed by atoms with Gasteiger partial charge in [0.2, 0.25) is 0 Å². The van der Waals surface area contributed by atoms with Gasteiger partial charge in [-0.05, 0) is 25.7 Å². The molecule has 3 N–H and O–H groups in total. The molecule has 1 aromatic rings. The van der Waals surface area contributed by atoms with Crippen molar-refractivity contribution in [2.75, 3.05) is 6.54 Å². The highest BCUT2D eigenvalue weighted by molar-refractivity contribution is 7.89. The van der Waals surface area contributed by atoms with E-state index < -0.39 is 10.0 Å². The van der Waals surface area contributed by atoms with Gasteiger partial charge in [-0.15, -0.1) is 0 Å². The van der Waals surface area contributed by atoms with E-state index in [1.54, 1.807) is 4.57 Å². The minimum absolute atomic E-state index is 0.0577. The van der Waals surface area contributed by atoms with E-state index in [2.05, 4.69) is 9.71 Å². The van der Waals surface area contributed by atoms with Gasteiger partial charge >= 0.3 is 0 Å². The minimum Gasteiger partial charge on any atom is -0.336 e. The molecule has 0 spiro atoms. The van der Waals surface area contributed by atoms with Gasteiger partial charge in [0, 0.05) is 25.3 Å². The Morgan fingerprint density at radius 1 is 1.65 bits per heavy atom. The van der Waals surface area contributed by atoms with Crippen molar-refractivity contribution in [3.63, 3.8) is 0 Å². The maximum atomic E-state index is 11.9. The van der Waals surface area contributed by atoms with Gasteiger partial charge in [0.1, 0.15) is 0 Å². The second-order valence-electron chi connectivity index (χ2n) is 4.40. The highest BCUT2D eigenvalue weighted by Gasteiger charge is 2.29. The largest absolute Gasteiger partial charge is 0.336 e. The minimum atomic E-state index is -3.51. The SMILES string of the molecule is CCn1cnc(S(=O)(=O)NCC(N)C2CC2)c1. The first-order valence-electron chi connectivity index (χ1n) is 5.80. The molecule has 0 aromatic carbocycles. The maximum absolute atomic E-state index is 11.9. The normalized spacial score (nSPS) is 18.2. The van der Waals surface area contributed by atoms with Crippen LogP contribution in [0, 0.1) is 5.92 Å². The van der Waals surface area contributed by atoms with E-state index in [1.165, 1.54) is 12.5 Å². The number of aromatic nitrogens is 2. The van der Waals surface area contributed by atoms with Crippen LogP contribution < -0.4 is 10.5 Å². The number of hydrogen-bond donors (Lipinski definition) is 2. The molecule has 1 aromatic heterocycles. The smallest absolute Gasteiger partial charge is 0.259 e. The fraction of sp³-hybridized carbons (Fsp3) is 0.700. The number of hydrogen-bond acceptors (Lipinski definition) is 4. The first kappa shape index (κ1) is 12.5. The van der Waals surface area contributed by atoms with Crippen molar-refractivity contribution < 1.29 is 8.42 Å². The van der Waals surface area contributed by atoms with Gasteiger partial charge in [0.05, 0.1) is 6.33 Å². The summed E-state index contributed by atoms with van der Waals surface area (Å²) in [6.45, 7) is 2.91. The summed E-state index contributed by atoms with van der Waals surface area (Å²) in [6.07, 6.45) is 5.24. The molecule has 1 aliphatic carbocycles. The molecule has 1 saturated carbocycles. The Morgan fingerprint density at radius 2 is 2.35 bits per heavy atom. The van der Waals surface area contributed by atoms with Crippen LogP contribution in [0.3, 0.4) is 0 Å². The summed E-state index contributed by atoms with van der Waals surface area (Å²) in [4.78, 5) is 3.87. The molecule has 0 radical (unpaired) electrons. The molecule has 0 aliphatic heterocycles. The quantitative estimate of drug-likeness (QED) is 0.746. The van der Waals surface area contributed by atoms with E-state index in [9.17, 15) is 8.42 Å². The predicted molar refractivity (Wildman–Crippen MR) is 63.8 cm³/mol. The number of nitrogens with two attached hydrogens (primary N) is 1. The summed E-state index contributed by atoms with van der Waals surface area (Å²) in [6, 6.07) is -0.0852. The van der Waals surface area contributed by atoms with Crippen LogP contribution in [-0.2, 0) is 16.6 Å². The highest BCUT2D eigenvalue weighted by atomic mass is 32.2. The van der Waals surface area contributed by atoms with E-state index in [0.29, 0.717) is 12.5 Å². The average Bonchev–Trinajstić information content (AvgIpc) is 3.03. The van der Waals surface area contributed by atoms with Crippen molar-refractivity contribution in [2.45, 2.75) is 37.4 Å². The van der Waals surface area contributed by atoms with Gasteiger partial charge < -0.3 is 10.3 Å². The standard InChI is InChI=1S/C10H18N4O2S/c1-2-14-6-10(12-7-14)17(15,16)13-5-9(11)8-3-4-8/h6-9,13H,2-5,11H2,1H3. The molecule has 96 valence electrons. The molecular formula is C10H18N4O2S. The third-order valence-corrected chi connectivity index (χ3v) is 4.29. The molecule has 0 amide bonds. The third-order valence-electron chi connectivity index (χ3n) is 2.99. The number of imidazole rings is 1. The molecule has 1 heterocycles. The van der Waals surface area contributed by atoms with Crippen LogP contribution in [0.15, 0.2) is 17.6 Å². The Kier molecular flexibility index (Phi) is 3.50. The van der Waals surface area contributed by atoms with Crippen molar-refractivity contribution in [1.82, 2.24) is 14.3 Å². The molecule has 1 atom stereocenters. The Balaban J connectivity index is 1.97. The number of nitrogens with zero attached hydrogens (tertiary/aromatic N) is 2. The van der Waals surface area contributed by atoms with Crippen LogP contribution in [0.4, 0.5) is 0 Å². The number of aryl methyl sites for hydroxylation is 1. The summed E-state index contributed by atoms with van der Waals surface area (Å²) in [5, 5.41) is 0.0577. The molecule has 0 saturated heterocycles. The lowest BCUT2D eigenvalue weighted by Crippen LogP contribution is -2.38. The Bertz CT molecular complexity index is 478. The van der Waals surface area contributed by atoms with E-state index in [4.69, 9.17) is 5.73 Å². The summed E-state index contributed by atoms with van der Waals surface area (Å²) in [5.74, 6) is 0.478. The fourth-order valence-electron chi connectivity index (χ4n) is 1.62. The Hall–Kier alpha value is -0.920. The first-order valence-corrected chi connectivity index (χ1v) is 7.28. The lowest BCUT2D eigenvalue weighted by atomic mass is 10.2. The lowest BCUT2D eigenvalue weighted by molar-refractivity contribution is 0.545. The second kappa shape index (κ2) is 4.75. The van der Waals surface area contributed by atoms with Gasteiger partial charge in [-0.25, -0.2) is 18.1 Å². The monoisotopic (exact) mass is 258 g/mol. The van der Waals surface area contributed by atoms with Gasteiger partial charge in [0.25, 0.3) is 10.0 Å². The topological polar surface area (TPSA) is 90.0 Å². The summed E-state index contributed by atoms with van der Waals surface area (Å²) in [5.41, 5.74) is 5.84. The molecule has 1 aliphatic rings. The molecule has 6 nitrogen and oxygen atoms in total. The third kappa shape index (κ3) is 3.05. The lowest BCUT2D eigenvalue weighted by Gasteiger charge is -2.10. The average molecular weight is 258 g/mol. The van der Waals surface area contributed by atoms with Crippen molar-refractivity contribution in [3.05, 3.63) is 12.5 Å². The molecule has 1 fully saturated rings. The van der Waals surface area contributed by atoms with Crippen LogP contribution in [0.2, 0.25) is 0 Å². The number of nitrogens with one attached hydrogen (secondary N) is 1. The van der Waals surface area contributed by atoms with Crippen LogP contribution >= 0.6 is 0 Å². The fourth-order valence-corrected chi connectivity index (χ4v) is 2.64. The van der Waals surface area contributed by atoms with Crippen molar-refractivity contribution in [1.29, 1.82) is 0 Å². The molecule has 2 rings (SSSR count). The van der Waals surface area contributed by atoms with Gasteiger partial charge in [0.15, 0.2) is 5.03 Å². The molecule has 0 bridgehead atoms. The summed E-state index contributed by atoms with van der Waals surface area (Å²) in [7, 11) is -3.51. The zero-order valence-corrected chi connectivity index (χ0v) is 10.7. The highest BCUT2D eigenvalue weighted by Crippen LogP contribution is 2.31. The van der Waals surface area contributed by atoms with Crippen molar-refractivity contribution in [3.8, 4) is 0 Å². The van der Waals surface area contributed by atoms with E-state index in [-0.39, 0.29) is 17.6 Å². The van der Waals surface area contributed by atoms with Crippen LogP contribution in [-0.4, -0.2) is 30.6 Å². The van der Waals surface area contributed by atoms with E-state index in [0.717, 1.165) is 12.8 Å². The number of rotatable bonds is 6. The second-order valence-corrected chi connectivity index (χ2v) is 6.11. The van der Waals surface area contributed by atoms with Crippen LogP contribution in [0.1, 0.15) is 19.8 Å². The molecular weight excluding hydrogens is 240 g/mol. The van der Waals surface area contributed by atoms with Gasteiger partial charge in [-0.2, -0.15) is 0 Å². The molecule has 7 heteroatoms. The van der Waals surface area contributed by atoms with Gasteiger partial charge in [-0.1, -0.05) is 0 Å². The van der Waals surface area contributed by atoms with Gasteiger partial charge in [-0.3, -0.25) is 0 Å². The van der Waals surface area contributed by atoms with Crippen molar-refractivity contribution in [2.24, 2.45) is 11.7 Å². The Labute approximate surface area is 101 Å². The zero-order valence-electron chi connectivity index (χ0n) is 9.83. The summed E-state index contributed by atoms with van der Waals surface area (Å²) < 4.78 is 28.0. The number of sulfonamides is 1. The van der Waals surface area contributed by atoms with E-state index >= 15 is 0 Å². The molecule has 1 unspecified atom stereocenters. The zero-order chi connectivity index (χ0) is 12.5. The molecule has 17 heavy (non-hydrogen) atoms. The van der Waals surface area contributed by atoms with E-state index in [1.807, 2.05) is 6.92 Å². The van der Waals surface area contributed by atoms with Crippen molar-refractivity contribution >= 4 is 10.0 Å². The Morgan fingerprint density at radius 3 is 2.88 bits per heavy atom. The van der Waals surface area contributed by atoms with Crippen LogP contribution in [0.5, 0.6) is 0 Å². The maximum Gasteiger partial charge on any atom is 0.259 e. The van der Waals surface area contributed by atoms with Crippen LogP contribution in [0.25, 0.3) is 0 Å².